The van der Waals surface area contributed by atoms with E-state index in [2.05, 4.69) is 121 Å². The molecule has 2 heteroatoms. The first-order valence-corrected chi connectivity index (χ1v) is 11.7. The summed E-state index contributed by atoms with van der Waals surface area (Å²) in [6.45, 7) is 2.14. The van der Waals surface area contributed by atoms with Crippen LogP contribution in [0, 0.1) is 6.92 Å². The van der Waals surface area contributed by atoms with Gasteiger partial charge in [0.15, 0.2) is 0 Å². The Balaban J connectivity index is 1.84. The van der Waals surface area contributed by atoms with E-state index in [0.29, 0.717) is 0 Å². The fourth-order valence-electron chi connectivity index (χ4n) is 4.09. The molecular weight excluding hydrogens is 406 g/mol. The van der Waals surface area contributed by atoms with Crippen molar-refractivity contribution in [3.05, 3.63) is 115 Å². The number of benzene rings is 4. The van der Waals surface area contributed by atoms with Crippen molar-refractivity contribution < 1.29 is 0 Å². The van der Waals surface area contributed by atoms with E-state index in [9.17, 15) is 0 Å². The zero-order chi connectivity index (χ0) is 21.9. The number of aryl methyl sites for hydroxylation is 1. The third kappa shape index (κ3) is 3.86. The van der Waals surface area contributed by atoms with E-state index in [1.54, 1.807) is 0 Å². The summed E-state index contributed by atoms with van der Waals surface area (Å²) in [7, 11) is 1.96. The van der Waals surface area contributed by atoms with Gasteiger partial charge in [-0.3, -0.25) is 0 Å². The molecule has 0 atom stereocenters. The molecule has 0 saturated carbocycles. The summed E-state index contributed by atoms with van der Waals surface area (Å²) in [5.74, 6) is 0. The van der Waals surface area contributed by atoms with E-state index in [0.717, 1.165) is 5.69 Å². The van der Waals surface area contributed by atoms with Crippen molar-refractivity contribution in [3.8, 4) is 43.1 Å². The lowest BCUT2D eigenvalue weighted by Crippen LogP contribution is -1.88. The van der Waals surface area contributed by atoms with Crippen LogP contribution in [0.3, 0.4) is 0 Å². The first kappa shape index (κ1) is 20.3. The standard InChI is InChI=1S/C30H25NS/c1-21-13-15-24(16-14-21)29-27(22-9-5-3-6-10-22)28(23-11-7-4-8-12-23)30(32-29)25-17-19-26(31-2)20-18-25/h3-20,31H,1-2H3. The lowest BCUT2D eigenvalue weighted by atomic mass is 9.91. The fourth-order valence-corrected chi connectivity index (χ4v) is 5.45. The molecule has 1 nitrogen and oxygen atoms in total. The third-order valence-corrected chi connectivity index (χ3v) is 7.07. The van der Waals surface area contributed by atoms with Gasteiger partial charge in [-0.05, 0) is 41.3 Å². The molecule has 0 aliphatic heterocycles. The molecule has 0 aliphatic carbocycles. The van der Waals surface area contributed by atoms with Gasteiger partial charge in [0.1, 0.15) is 0 Å². The Morgan fingerprint density at radius 1 is 0.500 bits per heavy atom. The van der Waals surface area contributed by atoms with Crippen LogP contribution in [0.25, 0.3) is 43.1 Å². The minimum atomic E-state index is 1.12. The molecule has 0 bridgehead atoms. The van der Waals surface area contributed by atoms with Gasteiger partial charge >= 0.3 is 0 Å². The normalized spacial score (nSPS) is 10.8. The predicted octanol–water partition coefficient (Wildman–Crippen LogP) is 8.77. The van der Waals surface area contributed by atoms with Crippen molar-refractivity contribution in [1.29, 1.82) is 0 Å². The molecule has 156 valence electrons. The summed E-state index contributed by atoms with van der Waals surface area (Å²) >= 11 is 1.88. The van der Waals surface area contributed by atoms with Crippen molar-refractivity contribution in [2.24, 2.45) is 0 Å². The Kier molecular flexibility index (Phi) is 5.62. The highest BCUT2D eigenvalue weighted by Gasteiger charge is 2.22. The molecule has 0 aliphatic rings. The molecule has 0 fully saturated rings. The Bertz CT molecular complexity index is 1320. The molecule has 32 heavy (non-hydrogen) atoms. The Morgan fingerprint density at radius 2 is 0.938 bits per heavy atom. The van der Waals surface area contributed by atoms with E-state index in [1.165, 1.54) is 48.7 Å². The Hall–Kier alpha value is -3.62. The summed E-state index contributed by atoms with van der Waals surface area (Å²) in [6.07, 6.45) is 0. The highest BCUT2D eigenvalue weighted by molar-refractivity contribution is 7.20. The van der Waals surface area contributed by atoms with Gasteiger partial charge in [-0.25, -0.2) is 0 Å². The molecule has 1 aromatic heterocycles. The summed E-state index contributed by atoms with van der Waals surface area (Å²) in [5, 5.41) is 3.23. The van der Waals surface area contributed by atoms with Crippen LogP contribution in [0.1, 0.15) is 5.56 Å². The molecule has 0 amide bonds. The van der Waals surface area contributed by atoms with Crippen LogP contribution in [0.4, 0.5) is 5.69 Å². The van der Waals surface area contributed by atoms with Crippen LogP contribution >= 0.6 is 11.3 Å². The average molecular weight is 432 g/mol. The molecule has 4 aromatic carbocycles. The highest BCUT2D eigenvalue weighted by Crippen LogP contribution is 2.51. The van der Waals surface area contributed by atoms with Gasteiger partial charge in [-0.2, -0.15) is 0 Å². The highest BCUT2D eigenvalue weighted by atomic mass is 32.1. The van der Waals surface area contributed by atoms with Gasteiger partial charge in [0, 0.05) is 33.6 Å². The molecule has 0 saturated heterocycles. The molecule has 1 heterocycles. The molecule has 5 rings (SSSR count). The van der Waals surface area contributed by atoms with Gasteiger partial charge in [0.2, 0.25) is 0 Å². The fraction of sp³-hybridized carbons (Fsp3) is 0.0667. The maximum absolute atomic E-state index is 3.23. The Labute approximate surface area is 194 Å². The average Bonchev–Trinajstić information content (AvgIpc) is 3.26. The summed E-state index contributed by atoms with van der Waals surface area (Å²) in [4.78, 5) is 2.61. The molecule has 5 aromatic rings. The molecule has 0 spiro atoms. The van der Waals surface area contributed by atoms with Crippen LogP contribution in [-0.2, 0) is 0 Å². The largest absolute Gasteiger partial charge is 0.388 e. The monoisotopic (exact) mass is 431 g/mol. The smallest absolute Gasteiger partial charge is 0.0434 e. The van der Waals surface area contributed by atoms with Crippen molar-refractivity contribution in [3.63, 3.8) is 0 Å². The molecule has 0 unspecified atom stereocenters. The SMILES string of the molecule is CNc1ccc(-c2sc(-c3ccc(C)cc3)c(-c3ccccc3)c2-c2ccccc2)cc1. The van der Waals surface area contributed by atoms with Gasteiger partial charge in [-0.1, -0.05) is 103 Å². The van der Waals surface area contributed by atoms with Gasteiger partial charge in [0.05, 0.1) is 0 Å². The maximum Gasteiger partial charge on any atom is 0.0434 e. The first-order chi connectivity index (χ1) is 15.7. The van der Waals surface area contributed by atoms with E-state index < -0.39 is 0 Å². The van der Waals surface area contributed by atoms with Crippen molar-refractivity contribution in [2.75, 3.05) is 12.4 Å². The summed E-state index contributed by atoms with van der Waals surface area (Å²) in [6, 6.07) is 39.2. The zero-order valence-electron chi connectivity index (χ0n) is 18.3. The summed E-state index contributed by atoms with van der Waals surface area (Å²) in [5.41, 5.74) is 9.99. The third-order valence-electron chi connectivity index (χ3n) is 5.78. The number of hydrogen-bond donors (Lipinski definition) is 1. The maximum atomic E-state index is 3.23. The molecular formula is C30H25NS. The van der Waals surface area contributed by atoms with Crippen LogP contribution in [0.5, 0.6) is 0 Å². The van der Waals surface area contributed by atoms with E-state index in [4.69, 9.17) is 0 Å². The van der Waals surface area contributed by atoms with E-state index in [-0.39, 0.29) is 0 Å². The lowest BCUT2D eigenvalue weighted by molar-refractivity contribution is 1.48. The Morgan fingerprint density at radius 3 is 1.38 bits per heavy atom. The quantitative estimate of drug-likeness (QED) is 0.293. The zero-order valence-corrected chi connectivity index (χ0v) is 19.1. The second kappa shape index (κ2) is 8.86. The van der Waals surface area contributed by atoms with Gasteiger partial charge in [0.25, 0.3) is 0 Å². The topological polar surface area (TPSA) is 12.0 Å². The predicted molar refractivity (Wildman–Crippen MR) is 140 cm³/mol. The van der Waals surface area contributed by atoms with Crippen LogP contribution in [0.2, 0.25) is 0 Å². The van der Waals surface area contributed by atoms with Crippen LogP contribution in [0.15, 0.2) is 109 Å². The van der Waals surface area contributed by atoms with Crippen molar-refractivity contribution >= 4 is 17.0 Å². The second-order valence-corrected chi connectivity index (χ2v) is 8.96. The number of nitrogens with one attached hydrogen (secondary N) is 1. The van der Waals surface area contributed by atoms with E-state index >= 15 is 0 Å². The minimum Gasteiger partial charge on any atom is -0.388 e. The number of anilines is 1. The van der Waals surface area contributed by atoms with E-state index in [1.807, 2.05) is 18.4 Å². The molecule has 1 N–H and O–H groups in total. The molecule has 0 radical (unpaired) electrons. The first-order valence-electron chi connectivity index (χ1n) is 10.9. The van der Waals surface area contributed by atoms with Crippen molar-refractivity contribution in [2.45, 2.75) is 6.92 Å². The van der Waals surface area contributed by atoms with Gasteiger partial charge in [-0.15, -0.1) is 11.3 Å². The van der Waals surface area contributed by atoms with Crippen LogP contribution < -0.4 is 5.32 Å². The number of rotatable bonds is 5. The van der Waals surface area contributed by atoms with Crippen molar-refractivity contribution in [1.82, 2.24) is 0 Å². The van der Waals surface area contributed by atoms with Gasteiger partial charge < -0.3 is 5.32 Å². The lowest BCUT2D eigenvalue weighted by Gasteiger charge is -2.11. The second-order valence-electron chi connectivity index (χ2n) is 7.94. The number of thiophene rings is 1. The van der Waals surface area contributed by atoms with Crippen LogP contribution in [-0.4, -0.2) is 7.05 Å². The summed E-state index contributed by atoms with van der Waals surface area (Å²) < 4.78 is 0. The number of hydrogen-bond acceptors (Lipinski definition) is 2. The minimum absolute atomic E-state index is 1.12.